The Morgan fingerprint density at radius 1 is 1.29 bits per heavy atom. The number of aryl methyl sites for hydroxylation is 1. The number of carbonyl (C=O) groups is 1. The van der Waals surface area contributed by atoms with Crippen molar-refractivity contribution in [2.75, 3.05) is 27.2 Å². The van der Waals surface area contributed by atoms with Crippen LogP contribution in [0.3, 0.4) is 0 Å². The molecule has 0 radical (unpaired) electrons. The molecule has 0 aliphatic carbocycles. The van der Waals surface area contributed by atoms with Crippen molar-refractivity contribution in [3.8, 4) is 0 Å². The predicted octanol–water partition coefficient (Wildman–Crippen LogP) is 2.83. The second kappa shape index (κ2) is 7.03. The number of nitrogens with zero attached hydrogens (tertiary/aromatic N) is 4. The number of aromatic nitrogens is 2. The first kappa shape index (κ1) is 16.5. The van der Waals surface area contributed by atoms with Crippen LogP contribution in [-0.2, 0) is 6.42 Å². The molecule has 1 aliphatic heterocycles. The summed E-state index contributed by atoms with van der Waals surface area (Å²) < 4.78 is 5.48. The zero-order chi connectivity index (χ0) is 17.1. The van der Waals surface area contributed by atoms with E-state index in [4.69, 9.17) is 4.52 Å². The Labute approximate surface area is 142 Å². The first-order valence-corrected chi connectivity index (χ1v) is 8.38. The molecule has 0 spiro atoms. The highest BCUT2D eigenvalue weighted by Crippen LogP contribution is 2.27. The quantitative estimate of drug-likeness (QED) is 0.869. The lowest BCUT2D eigenvalue weighted by atomic mass is 9.97. The first-order valence-electron chi connectivity index (χ1n) is 8.38. The fraction of sp³-hybridized carbons (Fsp3) is 0.500. The van der Waals surface area contributed by atoms with E-state index in [-0.39, 0.29) is 11.9 Å². The van der Waals surface area contributed by atoms with Crippen molar-refractivity contribution >= 4 is 6.03 Å². The molecule has 2 amide bonds. The lowest BCUT2D eigenvalue weighted by Gasteiger charge is -2.32. The van der Waals surface area contributed by atoms with Crippen LogP contribution in [0.25, 0.3) is 0 Å². The highest BCUT2D eigenvalue weighted by molar-refractivity contribution is 5.73. The summed E-state index contributed by atoms with van der Waals surface area (Å²) in [6.45, 7) is 3.56. The molecule has 0 N–H and O–H groups in total. The predicted molar refractivity (Wildman–Crippen MR) is 90.9 cm³/mol. The summed E-state index contributed by atoms with van der Waals surface area (Å²) in [5.74, 6) is 1.68. The number of hydrogen-bond acceptors (Lipinski definition) is 4. The third-order valence-corrected chi connectivity index (χ3v) is 4.59. The van der Waals surface area contributed by atoms with Crippen LogP contribution in [0.4, 0.5) is 4.79 Å². The van der Waals surface area contributed by atoms with Crippen LogP contribution < -0.4 is 0 Å². The molecule has 6 nitrogen and oxygen atoms in total. The van der Waals surface area contributed by atoms with E-state index in [1.807, 2.05) is 17.0 Å². The minimum atomic E-state index is 0.0687. The summed E-state index contributed by atoms with van der Waals surface area (Å²) in [5, 5.41) is 4.14. The molecule has 0 unspecified atom stereocenters. The fourth-order valence-corrected chi connectivity index (χ4v) is 3.08. The van der Waals surface area contributed by atoms with Crippen molar-refractivity contribution in [3.05, 3.63) is 47.1 Å². The van der Waals surface area contributed by atoms with Gasteiger partial charge in [0, 0.05) is 39.5 Å². The Bertz CT molecular complexity index is 703. The summed E-state index contributed by atoms with van der Waals surface area (Å²) >= 11 is 0. The standard InChI is InChI=1S/C18H24N4O2/c1-13-6-4-5-7-15(13)12-16-19-17(24-20-16)14-8-10-22(11-9-14)18(23)21(2)3/h4-7,14H,8-12H2,1-3H3. The number of piperidine rings is 1. The smallest absolute Gasteiger partial charge is 0.319 e. The molecule has 2 heterocycles. The average molecular weight is 328 g/mol. The summed E-state index contributed by atoms with van der Waals surface area (Å²) in [7, 11) is 3.56. The molecular formula is C18H24N4O2. The Morgan fingerprint density at radius 3 is 2.67 bits per heavy atom. The average Bonchev–Trinajstić information content (AvgIpc) is 3.05. The van der Waals surface area contributed by atoms with Crippen molar-refractivity contribution in [2.24, 2.45) is 0 Å². The second-order valence-electron chi connectivity index (χ2n) is 6.59. The van der Waals surface area contributed by atoms with Crippen molar-refractivity contribution in [3.63, 3.8) is 0 Å². The van der Waals surface area contributed by atoms with Gasteiger partial charge in [0.15, 0.2) is 5.82 Å². The maximum atomic E-state index is 12.0. The van der Waals surface area contributed by atoms with Crippen LogP contribution >= 0.6 is 0 Å². The molecule has 0 saturated carbocycles. The number of hydrogen-bond donors (Lipinski definition) is 0. The lowest BCUT2D eigenvalue weighted by molar-refractivity contribution is 0.152. The van der Waals surface area contributed by atoms with E-state index in [0.29, 0.717) is 12.3 Å². The molecule has 1 aliphatic rings. The number of rotatable bonds is 3. The first-order chi connectivity index (χ1) is 11.5. The molecule has 24 heavy (non-hydrogen) atoms. The largest absolute Gasteiger partial charge is 0.339 e. The third kappa shape index (κ3) is 3.58. The molecule has 1 aromatic heterocycles. The number of urea groups is 1. The fourth-order valence-electron chi connectivity index (χ4n) is 3.08. The zero-order valence-electron chi connectivity index (χ0n) is 14.5. The van der Waals surface area contributed by atoms with Gasteiger partial charge in [0.1, 0.15) is 0 Å². The Balaban J connectivity index is 1.61. The second-order valence-corrected chi connectivity index (χ2v) is 6.59. The van der Waals surface area contributed by atoms with Gasteiger partial charge in [-0.3, -0.25) is 0 Å². The van der Waals surface area contributed by atoms with Crippen LogP contribution in [0.2, 0.25) is 0 Å². The van der Waals surface area contributed by atoms with Gasteiger partial charge < -0.3 is 14.3 Å². The third-order valence-electron chi connectivity index (χ3n) is 4.59. The molecule has 0 atom stereocenters. The normalized spacial score (nSPS) is 15.5. The van der Waals surface area contributed by atoms with E-state index in [0.717, 1.165) is 31.8 Å². The highest BCUT2D eigenvalue weighted by atomic mass is 16.5. The van der Waals surface area contributed by atoms with Gasteiger partial charge in [-0.1, -0.05) is 29.4 Å². The van der Waals surface area contributed by atoms with E-state index < -0.39 is 0 Å². The van der Waals surface area contributed by atoms with Gasteiger partial charge in [0.2, 0.25) is 5.89 Å². The van der Waals surface area contributed by atoms with Crippen LogP contribution in [-0.4, -0.2) is 53.2 Å². The van der Waals surface area contributed by atoms with Crippen molar-refractivity contribution in [2.45, 2.75) is 32.1 Å². The van der Waals surface area contributed by atoms with E-state index in [2.05, 4.69) is 29.2 Å². The van der Waals surface area contributed by atoms with Crippen molar-refractivity contribution in [1.82, 2.24) is 19.9 Å². The Kier molecular flexibility index (Phi) is 4.83. The number of benzene rings is 1. The van der Waals surface area contributed by atoms with Gasteiger partial charge in [0.05, 0.1) is 0 Å². The molecule has 1 saturated heterocycles. The van der Waals surface area contributed by atoms with E-state index in [1.54, 1.807) is 19.0 Å². The molecule has 6 heteroatoms. The number of carbonyl (C=O) groups excluding carboxylic acids is 1. The Hall–Kier alpha value is -2.37. The molecule has 1 aromatic carbocycles. The minimum Gasteiger partial charge on any atom is -0.339 e. The van der Waals surface area contributed by atoms with Crippen molar-refractivity contribution in [1.29, 1.82) is 0 Å². The SMILES string of the molecule is Cc1ccccc1Cc1noc(C2CCN(C(=O)N(C)C)CC2)n1. The minimum absolute atomic E-state index is 0.0687. The maximum absolute atomic E-state index is 12.0. The van der Waals surface area contributed by atoms with Gasteiger partial charge in [0.25, 0.3) is 0 Å². The number of amides is 2. The number of likely N-dealkylation sites (tertiary alicyclic amines) is 1. The van der Waals surface area contributed by atoms with Gasteiger partial charge in [-0.25, -0.2) is 4.79 Å². The van der Waals surface area contributed by atoms with Crippen LogP contribution in [0.1, 0.15) is 41.6 Å². The molecule has 2 aromatic rings. The molecule has 1 fully saturated rings. The molecule has 0 bridgehead atoms. The molecule has 3 rings (SSSR count). The van der Waals surface area contributed by atoms with Crippen LogP contribution in [0.15, 0.2) is 28.8 Å². The summed E-state index contributed by atoms with van der Waals surface area (Å²) in [5.41, 5.74) is 2.45. The molecule has 128 valence electrons. The van der Waals surface area contributed by atoms with E-state index in [1.165, 1.54) is 11.1 Å². The van der Waals surface area contributed by atoms with Gasteiger partial charge in [-0.2, -0.15) is 4.98 Å². The summed E-state index contributed by atoms with van der Waals surface area (Å²) in [4.78, 5) is 20.1. The topological polar surface area (TPSA) is 62.5 Å². The zero-order valence-corrected chi connectivity index (χ0v) is 14.5. The van der Waals surface area contributed by atoms with Gasteiger partial charge >= 0.3 is 6.03 Å². The monoisotopic (exact) mass is 328 g/mol. The van der Waals surface area contributed by atoms with Gasteiger partial charge in [-0.05, 0) is 30.9 Å². The lowest BCUT2D eigenvalue weighted by Crippen LogP contribution is -2.43. The van der Waals surface area contributed by atoms with Gasteiger partial charge in [-0.15, -0.1) is 0 Å². The molecular weight excluding hydrogens is 304 g/mol. The Morgan fingerprint density at radius 2 is 2.00 bits per heavy atom. The summed E-state index contributed by atoms with van der Waals surface area (Å²) in [6, 6.07) is 8.31. The van der Waals surface area contributed by atoms with E-state index >= 15 is 0 Å². The van der Waals surface area contributed by atoms with Crippen LogP contribution in [0, 0.1) is 6.92 Å². The maximum Gasteiger partial charge on any atom is 0.319 e. The van der Waals surface area contributed by atoms with Crippen molar-refractivity contribution < 1.29 is 9.32 Å². The highest BCUT2D eigenvalue weighted by Gasteiger charge is 2.28. The van der Waals surface area contributed by atoms with E-state index in [9.17, 15) is 4.79 Å². The van der Waals surface area contributed by atoms with Crippen LogP contribution in [0.5, 0.6) is 0 Å². The summed E-state index contributed by atoms with van der Waals surface area (Å²) in [6.07, 6.45) is 2.42.